The third kappa shape index (κ3) is 4.91. The molecule has 1 atom stereocenters. The van der Waals surface area contributed by atoms with Crippen molar-refractivity contribution in [1.29, 1.82) is 0 Å². The van der Waals surface area contributed by atoms with Gasteiger partial charge in [-0.1, -0.05) is 54.6 Å². The Morgan fingerprint density at radius 3 is 2.50 bits per heavy atom. The Balaban J connectivity index is 0.00000337. The number of rotatable bonds is 5. The van der Waals surface area contributed by atoms with Crippen LogP contribution in [0.4, 0.5) is 10.7 Å². The van der Waals surface area contributed by atoms with Crippen LogP contribution in [-0.2, 0) is 4.74 Å². The van der Waals surface area contributed by atoms with E-state index >= 15 is 0 Å². The molecule has 0 saturated heterocycles. The number of imidazole rings is 1. The van der Waals surface area contributed by atoms with E-state index in [1.807, 2.05) is 98.1 Å². The average molecular weight is 533 g/mol. The molecule has 0 unspecified atom stereocenters. The number of anilines is 1. The van der Waals surface area contributed by atoms with Crippen LogP contribution in [0.1, 0.15) is 40.7 Å². The van der Waals surface area contributed by atoms with E-state index in [2.05, 4.69) is 34.3 Å². The number of nitrogens with one attached hydrogen (secondary N) is 1. The second-order valence-corrected chi connectivity index (χ2v) is 10.7. The van der Waals surface area contributed by atoms with Crippen molar-refractivity contribution in [3.63, 3.8) is 0 Å². The highest BCUT2D eigenvalue weighted by Crippen LogP contribution is 2.31. The van der Waals surface area contributed by atoms with Crippen LogP contribution < -0.4 is 5.32 Å². The molecule has 0 saturated carbocycles. The Labute approximate surface area is 233 Å². The second-order valence-electron chi connectivity index (χ2n) is 10.7. The first-order valence-electron chi connectivity index (χ1n) is 13.2. The quantitative estimate of drug-likeness (QED) is 0.245. The molecule has 3 aromatic heterocycles. The Morgan fingerprint density at radius 2 is 1.70 bits per heavy atom. The third-order valence-electron chi connectivity index (χ3n) is 6.66. The van der Waals surface area contributed by atoms with E-state index in [4.69, 9.17) is 9.72 Å². The highest BCUT2D eigenvalue weighted by atomic mass is 16.6. The van der Waals surface area contributed by atoms with E-state index in [1.54, 1.807) is 17.1 Å². The molecule has 0 amide bonds. The summed E-state index contributed by atoms with van der Waals surface area (Å²) in [5.41, 5.74) is 4.61. The Bertz CT molecular complexity index is 1840. The molecule has 8 heteroatoms. The Kier molecular flexibility index (Phi) is 6.30. The average Bonchev–Trinajstić information content (AvgIpc) is 3.54. The minimum absolute atomic E-state index is 0. The molecule has 1 N–H and O–H groups in total. The van der Waals surface area contributed by atoms with E-state index in [-0.39, 0.29) is 7.47 Å². The predicted octanol–water partition coefficient (Wildman–Crippen LogP) is 7.64. The van der Waals surface area contributed by atoms with Gasteiger partial charge in [-0.05, 0) is 63.6 Å². The molecule has 0 fully saturated rings. The first-order chi connectivity index (χ1) is 19.3. The van der Waals surface area contributed by atoms with Crippen molar-refractivity contribution in [3.05, 3.63) is 103 Å². The number of hydrogen-bond donors (Lipinski definition) is 1. The van der Waals surface area contributed by atoms with Gasteiger partial charge in [-0.2, -0.15) is 4.98 Å². The van der Waals surface area contributed by atoms with Crippen molar-refractivity contribution in [3.8, 4) is 17.1 Å². The van der Waals surface area contributed by atoms with E-state index < -0.39 is 11.7 Å². The molecule has 0 aliphatic carbocycles. The monoisotopic (exact) mass is 532 g/mol. The maximum Gasteiger partial charge on any atom is 0.419 e. The van der Waals surface area contributed by atoms with E-state index in [0.29, 0.717) is 11.8 Å². The molecule has 6 aromatic rings. The Hall–Kier alpha value is -4.98. The molecule has 40 heavy (non-hydrogen) atoms. The summed E-state index contributed by atoms with van der Waals surface area (Å²) in [7, 11) is 0. The first kappa shape index (κ1) is 25.3. The molecule has 6 rings (SSSR count). The summed E-state index contributed by atoms with van der Waals surface area (Å²) in [6.45, 7) is 7.68. The van der Waals surface area contributed by atoms with Gasteiger partial charge in [-0.15, -0.1) is 0 Å². The number of benzene rings is 3. The number of ether oxygens (including phenoxy) is 1. The maximum absolute atomic E-state index is 13.3. The molecule has 3 aromatic carbocycles. The van der Waals surface area contributed by atoms with Crippen LogP contribution in [-0.4, -0.2) is 35.8 Å². The van der Waals surface area contributed by atoms with Crippen molar-refractivity contribution >= 4 is 34.0 Å². The number of nitrogens with zero attached hydrogens (tertiary/aromatic N) is 5. The fourth-order valence-electron chi connectivity index (χ4n) is 4.80. The molecule has 8 nitrogen and oxygen atoms in total. The second kappa shape index (κ2) is 9.96. The number of para-hydroxylation sites is 1. The third-order valence-corrected chi connectivity index (χ3v) is 6.66. The number of hydrogen-bond acceptors (Lipinski definition) is 6. The zero-order valence-corrected chi connectivity index (χ0v) is 22.9. The lowest BCUT2D eigenvalue weighted by molar-refractivity contribution is 0.0547. The predicted molar refractivity (Wildman–Crippen MR) is 160 cm³/mol. The van der Waals surface area contributed by atoms with Crippen molar-refractivity contribution in [2.75, 3.05) is 5.32 Å². The Morgan fingerprint density at radius 1 is 0.925 bits per heavy atom. The lowest BCUT2D eigenvalue weighted by atomic mass is 10.1. The van der Waals surface area contributed by atoms with Crippen LogP contribution in [0.5, 0.6) is 0 Å². The van der Waals surface area contributed by atoms with Crippen molar-refractivity contribution in [1.82, 2.24) is 24.1 Å². The van der Waals surface area contributed by atoms with Crippen LogP contribution in [0, 0.1) is 0 Å². The number of fused-ring (bicyclic) bond motifs is 2. The van der Waals surface area contributed by atoms with Gasteiger partial charge in [0.05, 0.1) is 28.3 Å². The summed E-state index contributed by atoms with van der Waals surface area (Å²) in [5, 5.41) is 4.34. The highest BCUT2D eigenvalue weighted by Gasteiger charge is 2.23. The van der Waals surface area contributed by atoms with Gasteiger partial charge in [0.15, 0.2) is 0 Å². The number of carbonyl (C=O) groups excluding carboxylic acids is 1. The molecule has 3 heterocycles. The summed E-state index contributed by atoms with van der Waals surface area (Å²) in [6, 6.07) is 27.9. The van der Waals surface area contributed by atoms with Crippen LogP contribution in [0.25, 0.3) is 39.0 Å². The summed E-state index contributed by atoms with van der Waals surface area (Å²) < 4.78 is 9.32. The van der Waals surface area contributed by atoms with Crippen LogP contribution in [0.3, 0.4) is 0 Å². The largest absolute Gasteiger partial charge is 0.443 e. The molecule has 0 spiro atoms. The molecule has 0 radical (unpaired) electrons. The standard InChI is InChI=1S/C32H30N6O2.H2/c1-21(22-10-6-5-7-11-22)35-30-33-17-16-29(36-30)37-20-34-25-18-24(14-15-27(25)37)28-19-23-12-8-9-13-26(23)38(28)31(39)40-32(2,3)4;/h5-21H,1-4H3,(H,33,35,36);1H/t21-;/m0./s1. The van der Waals surface area contributed by atoms with Crippen LogP contribution in [0.2, 0.25) is 0 Å². The maximum atomic E-state index is 13.3. The summed E-state index contributed by atoms with van der Waals surface area (Å²) >= 11 is 0. The molecule has 0 aliphatic heterocycles. The van der Waals surface area contributed by atoms with E-state index in [0.717, 1.165) is 38.8 Å². The molecular weight excluding hydrogens is 500 g/mol. The molecule has 0 aliphatic rings. The summed E-state index contributed by atoms with van der Waals surface area (Å²) in [6.07, 6.45) is 3.08. The summed E-state index contributed by atoms with van der Waals surface area (Å²) in [5.74, 6) is 1.24. The lowest BCUT2D eigenvalue weighted by Gasteiger charge is -2.21. The SMILES string of the molecule is C[C@H](Nc1nccc(-n2cnc3cc(-c4cc5ccccc5n4C(=O)OC(C)(C)C)ccc32)n1)c1ccccc1.[HH]. The van der Waals surface area contributed by atoms with Gasteiger partial charge < -0.3 is 10.1 Å². The van der Waals surface area contributed by atoms with Gasteiger partial charge in [0.25, 0.3) is 0 Å². The number of carbonyl (C=O) groups is 1. The van der Waals surface area contributed by atoms with Gasteiger partial charge in [0.1, 0.15) is 17.7 Å². The zero-order valence-electron chi connectivity index (χ0n) is 22.9. The van der Waals surface area contributed by atoms with Crippen LogP contribution >= 0.6 is 0 Å². The highest BCUT2D eigenvalue weighted by molar-refractivity contribution is 5.97. The van der Waals surface area contributed by atoms with Gasteiger partial charge in [-0.3, -0.25) is 4.57 Å². The van der Waals surface area contributed by atoms with E-state index in [9.17, 15) is 4.79 Å². The number of aromatic nitrogens is 5. The topological polar surface area (TPSA) is 86.9 Å². The van der Waals surface area contributed by atoms with Crippen molar-refractivity contribution in [2.24, 2.45) is 0 Å². The first-order valence-corrected chi connectivity index (χ1v) is 13.2. The van der Waals surface area contributed by atoms with Gasteiger partial charge in [0, 0.05) is 18.6 Å². The van der Waals surface area contributed by atoms with Gasteiger partial charge in [0.2, 0.25) is 5.95 Å². The smallest absolute Gasteiger partial charge is 0.419 e. The van der Waals surface area contributed by atoms with Crippen molar-refractivity contribution < 1.29 is 11.0 Å². The minimum Gasteiger partial charge on any atom is -0.443 e. The van der Waals surface area contributed by atoms with Crippen molar-refractivity contribution in [2.45, 2.75) is 39.3 Å². The molecular formula is C32H32N6O2. The van der Waals surface area contributed by atoms with Crippen LogP contribution in [0.15, 0.2) is 97.5 Å². The van der Waals surface area contributed by atoms with E-state index in [1.165, 1.54) is 0 Å². The molecule has 202 valence electrons. The lowest BCUT2D eigenvalue weighted by Crippen LogP contribution is -2.27. The zero-order chi connectivity index (χ0) is 27.9. The van der Waals surface area contributed by atoms with Gasteiger partial charge in [-0.25, -0.2) is 19.3 Å². The minimum atomic E-state index is -0.618. The molecule has 0 bridgehead atoms. The fraction of sp³-hybridized carbons (Fsp3) is 0.188. The fourth-order valence-corrected chi connectivity index (χ4v) is 4.80. The summed E-state index contributed by atoms with van der Waals surface area (Å²) in [4.78, 5) is 27.1. The van der Waals surface area contributed by atoms with Gasteiger partial charge >= 0.3 is 6.09 Å². The normalized spacial score (nSPS) is 12.5.